The van der Waals surface area contributed by atoms with Gasteiger partial charge in [0.15, 0.2) is 10.8 Å². The van der Waals surface area contributed by atoms with E-state index in [1.807, 2.05) is 24.5 Å². The number of imidazole rings is 1. The van der Waals surface area contributed by atoms with Gasteiger partial charge in [-0.2, -0.15) is 0 Å². The Morgan fingerprint density at radius 3 is 2.62 bits per heavy atom. The standard InChI is InChI=1S/C15H11N5S/c1-2-8-20(7-1)11-3-5-12(6-4-11)21-15-18-13-9-16-10-17-14(13)19-15/h1-10H,(H,16,17,18,19). The number of nitrogens with one attached hydrogen (secondary N) is 1. The molecule has 3 aromatic heterocycles. The summed E-state index contributed by atoms with van der Waals surface area (Å²) in [5, 5.41) is 0.819. The predicted molar refractivity (Wildman–Crippen MR) is 81.6 cm³/mol. The number of nitrogens with zero attached hydrogens (tertiary/aromatic N) is 4. The molecule has 0 atom stereocenters. The van der Waals surface area contributed by atoms with Gasteiger partial charge in [-0.15, -0.1) is 0 Å². The molecule has 5 nitrogen and oxygen atoms in total. The highest BCUT2D eigenvalue weighted by atomic mass is 32.2. The molecule has 0 amide bonds. The van der Waals surface area contributed by atoms with E-state index in [1.54, 1.807) is 18.0 Å². The third-order valence-electron chi connectivity index (χ3n) is 3.09. The summed E-state index contributed by atoms with van der Waals surface area (Å²) in [4.78, 5) is 16.9. The van der Waals surface area contributed by atoms with Gasteiger partial charge in [0.05, 0.1) is 6.20 Å². The van der Waals surface area contributed by atoms with Gasteiger partial charge in [0.25, 0.3) is 0 Å². The van der Waals surface area contributed by atoms with E-state index in [9.17, 15) is 0 Å². The van der Waals surface area contributed by atoms with E-state index in [0.717, 1.165) is 21.3 Å². The second kappa shape index (κ2) is 5.06. The second-order valence-electron chi connectivity index (χ2n) is 4.49. The van der Waals surface area contributed by atoms with E-state index in [2.05, 4.69) is 48.8 Å². The molecular weight excluding hydrogens is 282 g/mol. The zero-order chi connectivity index (χ0) is 14.1. The van der Waals surface area contributed by atoms with Crippen LogP contribution < -0.4 is 0 Å². The molecule has 0 bridgehead atoms. The summed E-state index contributed by atoms with van der Waals surface area (Å²) in [5.41, 5.74) is 2.68. The highest BCUT2D eigenvalue weighted by molar-refractivity contribution is 7.99. The van der Waals surface area contributed by atoms with E-state index in [0.29, 0.717) is 5.65 Å². The summed E-state index contributed by atoms with van der Waals surface area (Å²) < 4.78 is 2.07. The van der Waals surface area contributed by atoms with Gasteiger partial charge < -0.3 is 9.55 Å². The van der Waals surface area contributed by atoms with Crippen molar-refractivity contribution in [1.82, 2.24) is 24.5 Å². The number of aromatic nitrogens is 5. The van der Waals surface area contributed by atoms with Crippen molar-refractivity contribution in [3.8, 4) is 5.69 Å². The summed E-state index contributed by atoms with van der Waals surface area (Å²) in [7, 11) is 0. The number of hydrogen-bond donors (Lipinski definition) is 1. The van der Waals surface area contributed by atoms with Crippen molar-refractivity contribution >= 4 is 22.9 Å². The van der Waals surface area contributed by atoms with E-state index in [4.69, 9.17) is 0 Å². The normalized spacial score (nSPS) is 11.0. The minimum Gasteiger partial charge on any atom is -0.330 e. The Hall–Kier alpha value is -2.60. The van der Waals surface area contributed by atoms with Gasteiger partial charge in [0, 0.05) is 23.0 Å². The monoisotopic (exact) mass is 293 g/mol. The first-order valence-corrected chi connectivity index (χ1v) is 7.27. The molecule has 0 radical (unpaired) electrons. The van der Waals surface area contributed by atoms with Gasteiger partial charge in [-0.3, -0.25) is 0 Å². The SMILES string of the molecule is c1ccn(-c2ccc(Sc3nc4ncncc4[nH]3)cc2)c1. The predicted octanol–water partition coefficient (Wildman–Crippen LogP) is 3.29. The maximum Gasteiger partial charge on any atom is 0.181 e. The zero-order valence-electron chi connectivity index (χ0n) is 11.0. The average Bonchev–Trinajstić information content (AvgIpc) is 3.17. The minimum absolute atomic E-state index is 0.691. The van der Waals surface area contributed by atoms with Gasteiger partial charge in [-0.1, -0.05) is 11.8 Å². The molecule has 0 spiro atoms. The highest BCUT2D eigenvalue weighted by Crippen LogP contribution is 2.27. The van der Waals surface area contributed by atoms with Crippen molar-refractivity contribution in [3.63, 3.8) is 0 Å². The fourth-order valence-corrected chi connectivity index (χ4v) is 2.88. The van der Waals surface area contributed by atoms with Crippen LogP contribution in [0.4, 0.5) is 0 Å². The van der Waals surface area contributed by atoms with Gasteiger partial charge >= 0.3 is 0 Å². The van der Waals surface area contributed by atoms with Crippen LogP contribution >= 0.6 is 11.8 Å². The molecule has 0 aliphatic rings. The van der Waals surface area contributed by atoms with Crippen LogP contribution in [0.5, 0.6) is 0 Å². The lowest BCUT2D eigenvalue weighted by Crippen LogP contribution is -1.88. The topological polar surface area (TPSA) is 59.4 Å². The van der Waals surface area contributed by atoms with Crippen molar-refractivity contribution < 1.29 is 0 Å². The maximum absolute atomic E-state index is 4.43. The molecule has 4 rings (SSSR count). The summed E-state index contributed by atoms with van der Waals surface area (Å²) in [6, 6.07) is 12.4. The average molecular weight is 293 g/mol. The number of benzene rings is 1. The first kappa shape index (κ1) is 12.2. The van der Waals surface area contributed by atoms with Crippen LogP contribution in [-0.4, -0.2) is 24.5 Å². The molecule has 1 N–H and O–H groups in total. The summed E-state index contributed by atoms with van der Waals surface area (Å²) in [6.45, 7) is 0. The van der Waals surface area contributed by atoms with E-state index < -0.39 is 0 Å². The Labute approximate surface area is 125 Å². The van der Waals surface area contributed by atoms with Crippen LogP contribution in [0.1, 0.15) is 0 Å². The van der Waals surface area contributed by atoms with Crippen molar-refractivity contribution in [2.45, 2.75) is 10.1 Å². The quantitative estimate of drug-likeness (QED) is 0.629. The van der Waals surface area contributed by atoms with E-state index in [1.165, 1.54) is 6.33 Å². The number of H-pyrrole nitrogens is 1. The molecule has 102 valence electrons. The van der Waals surface area contributed by atoms with Gasteiger partial charge in [-0.25, -0.2) is 15.0 Å². The molecule has 4 aromatic rings. The van der Waals surface area contributed by atoms with Crippen molar-refractivity contribution in [3.05, 3.63) is 61.3 Å². The Bertz CT molecular complexity index is 832. The lowest BCUT2D eigenvalue weighted by Gasteiger charge is -2.03. The van der Waals surface area contributed by atoms with Crippen LogP contribution in [0.2, 0.25) is 0 Å². The summed E-state index contributed by atoms with van der Waals surface area (Å²) >= 11 is 1.58. The number of aromatic amines is 1. The van der Waals surface area contributed by atoms with Gasteiger partial charge in [0.1, 0.15) is 11.8 Å². The number of fused-ring (bicyclic) bond motifs is 1. The number of hydrogen-bond acceptors (Lipinski definition) is 4. The maximum atomic E-state index is 4.43. The lowest BCUT2D eigenvalue weighted by molar-refractivity contribution is 1.06. The molecule has 0 unspecified atom stereocenters. The van der Waals surface area contributed by atoms with E-state index >= 15 is 0 Å². The van der Waals surface area contributed by atoms with Crippen LogP contribution in [0.3, 0.4) is 0 Å². The van der Waals surface area contributed by atoms with E-state index in [-0.39, 0.29) is 0 Å². The van der Waals surface area contributed by atoms with Crippen molar-refractivity contribution in [1.29, 1.82) is 0 Å². The van der Waals surface area contributed by atoms with Crippen LogP contribution in [0.25, 0.3) is 16.9 Å². The van der Waals surface area contributed by atoms with Crippen molar-refractivity contribution in [2.75, 3.05) is 0 Å². The Morgan fingerprint density at radius 1 is 1.05 bits per heavy atom. The fourth-order valence-electron chi connectivity index (χ4n) is 2.09. The second-order valence-corrected chi connectivity index (χ2v) is 5.55. The third-order valence-corrected chi connectivity index (χ3v) is 3.99. The minimum atomic E-state index is 0.691. The Kier molecular flexibility index (Phi) is 2.93. The fraction of sp³-hybridized carbons (Fsp3) is 0. The molecule has 3 heterocycles. The molecule has 0 aliphatic heterocycles. The van der Waals surface area contributed by atoms with Gasteiger partial charge in [-0.05, 0) is 36.4 Å². The Morgan fingerprint density at radius 2 is 1.86 bits per heavy atom. The Balaban J connectivity index is 1.59. The highest BCUT2D eigenvalue weighted by Gasteiger charge is 2.05. The lowest BCUT2D eigenvalue weighted by atomic mass is 10.3. The molecule has 6 heteroatoms. The van der Waals surface area contributed by atoms with Crippen LogP contribution in [0, 0.1) is 0 Å². The molecular formula is C15H11N5S. The molecule has 1 aromatic carbocycles. The molecule has 21 heavy (non-hydrogen) atoms. The summed E-state index contributed by atoms with van der Waals surface area (Å²) in [6.07, 6.45) is 7.29. The zero-order valence-corrected chi connectivity index (χ0v) is 11.8. The van der Waals surface area contributed by atoms with Crippen molar-refractivity contribution in [2.24, 2.45) is 0 Å². The smallest absolute Gasteiger partial charge is 0.181 e. The van der Waals surface area contributed by atoms with Gasteiger partial charge in [0.2, 0.25) is 0 Å². The molecule has 0 saturated heterocycles. The number of rotatable bonds is 3. The largest absolute Gasteiger partial charge is 0.330 e. The first-order valence-electron chi connectivity index (χ1n) is 6.45. The van der Waals surface area contributed by atoms with Crippen LogP contribution in [-0.2, 0) is 0 Å². The third kappa shape index (κ3) is 2.41. The van der Waals surface area contributed by atoms with Crippen LogP contribution in [0.15, 0.2) is 71.4 Å². The molecule has 0 saturated carbocycles. The first-order chi connectivity index (χ1) is 10.4. The molecule has 0 fully saturated rings. The summed E-state index contributed by atoms with van der Waals surface area (Å²) in [5.74, 6) is 0. The molecule has 0 aliphatic carbocycles.